The molecule has 3 aromatic carbocycles. The highest BCUT2D eigenvalue weighted by Crippen LogP contribution is 2.45. The summed E-state index contributed by atoms with van der Waals surface area (Å²) in [6, 6.07) is 17.0. The summed E-state index contributed by atoms with van der Waals surface area (Å²) in [5, 5.41) is 12.1. The number of aryl methyl sites for hydroxylation is 1. The number of carbonyl (C=O) groups excluding carboxylic acids is 2. The van der Waals surface area contributed by atoms with Crippen LogP contribution in [0.1, 0.15) is 49.1 Å². The molecular weight excluding hydrogens is 490 g/mol. The Hall–Kier alpha value is -3.77. The topological polar surface area (TPSA) is 76.1 Å². The molecule has 1 saturated heterocycles. The molecule has 7 heteroatoms. The van der Waals surface area contributed by atoms with Crippen molar-refractivity contribution in [2.24, 2.45) is 0 Å². The minimum atomic E-state index is -0.901. The van der Waals surface area contributed by atoms with Crippen molar-refractivity contribution < 1.29 is 24.2 Å². The molecule has 192 valence electrons. The minimum absolute atomic E-state index is 0.0620. The van der Waals surface area contributed by atoms with E-state index in [1.807, 2.05) is 31.2 Å². The zero-order chi connectivity index (χ0) is 27.1. The number of anilines is 1. The summed E-state index contributed by atoms with van der Waals surface area (Å²) in [6.45, 7) is 8.18. The highest BCUT2D eigenvalue weighted by Gasteiger charge is 2.47. The second kappa shape index (κ2) is 9.94. The Labute approximate surface area is 222 Å². The van der Waals surface area contributed by atoms with Crippen LogP contribution in [0, 0.1) is 6.92 Å². The molecule has 0 bridgehead atoms. The van der Waals surface area contributed by atoms with Crippen LogP contribution >= 0.6 is 11.6 Å². The molecule has 1 atom stereocenters. The van der Waals surface area contributed by atoms with Gasteiger partial charge in [0.2, 0.25) is 0 Å². The Morgan fingerprint density at radius 1 is 0.946 bits per heavy atom. The zero-order valence-electron chi connectivity index (χ0n) is 21.8. The van der Waals surface area contributed by atoms with E-state index in [0.29, 0.717) is 27.8 Å². The van der Waals surface area contributed by atoms with Gasteiger partial charge in [-0.2, -0.15) is 0 Å². The average Bonchev–Trinajstić information content (AvgIpc) is 3.14. The second-order valence-corrected chi connectivity index (χ2v) is 10.4. The fourth-order valence-corrected chi connectivity index (χ4v) is 4.71. The number of methoxy groups -OCH3 is 2. The van der Waals surface area contributed by atoms with E-state index in [4.69, 9.17) is 21.1 Å². The highest BCUT2D eigenvalue weighted by atomic mass is 35.5. The van der Waals surface area contributed by atoms with Crippen molar-refractivity contribution in [3.63, 3.8) is 0 Å². The van der Waals surface area contributed by atoms with Crippen LogP contribution in [-0.4, -0.2) is 31.0 Å². The third-order valence-electron chi connectivity index (χ3n) is 6.64. The van der Waals surface area contributed by atoms with Crippen molar-refractivity contribution in [2.45, 2.75) is 39.2 Å². The number of Topliss-reactive ketones (excluding diaryl/α,β-unsaturated/α-hetero) is 1. The Kier molecular flexibility index (Phi) is 7.07. The molecule has 1 unspecified atom stereocenters. The van der Waals surface area contributed by atoms with Crippen LogP contribution in [-0.2, 0) is 15.0 Å². The van der Waals surface area contributed by atoms with Gasteiger partial charge in [-0.3, -0.25) is 14.5 Å². The maximum absolute atomic E-state index is 13.5. The van der Waals surface area contributed by atoms with Crippen LogP contribution in [0.15, 0.2) is 66.2 Å². The fraction of sp³-hybridized carbons (Fsp3) is 0.267. The first-order chi connectivity index (χ1) is 17.5. The Bertz CT molecular complexity index is 1380. The molecular formula is C30H30ClNO5. The van der Waals surface area contributed by atoms with Gasteiger partial charge in [-0.15, -0.1) is 0 Å². The standard InChI is InChI=1S/C30H30ClNO5/c1-17-10-15-20(16-21(17)31)32-26(18-11-13-19(14-12-18)30(2,3)4)25(28(34)29(32)35)27(33)24-22(36-5)8-7-9-23(24)37-6/h7-16,26,33H,1-6H3/b27-25+. The van der Waals surface area contributed by atoms with Gasteiger partial charge in [-0.05, 0) is 53.3 Å². The third-order valence-corrected chi connectivity index (χ3v) is 7.04. The van der Waals surface area contributed by atoms with Crippen LogP contribution in [0.3, 0.4) is 0 Å². The molecule has 1 aliphatic rings. The second-order valence-electron chi connectivity index (χ2n) is 10.0. The summed E-state index contributed by atoms with van der Waals surface area (Å²) in [7, 11) is 2.92. The van der Waals surface area contributed by atoms with Crippen LogP contribution in [0.2, 0.25) is 5.02 Å². The molecule has 1 N–H and O–H groups in total. The highest BCUT2D eigenvalue weighted by molar-refractivity contribution is 6.52. The van der Waals surface area contributed by atoms with Crippen molar-refractivity contribution in [1.82, 2.24) is 0 Å². The molecule has 0 aromatic heterocycles. The van der Waals surface area contributed by atoms with E-state index in [1.165, 1.54) is 19.1 Å². The number of ketones is 1. The first-order valence-corrected chi connectivity index (χ1v) is 12.3. The van der Waals surface area contributed by atoms with Gasteiger partial charge in [-0.1, -0.05) is 68.8 Å². The smallest absolute Gasteiger partial charge is 0.300 e. The van der Waals surface area contributed by atoms with Crippen molar-refractivity contribution in [3.05, 3.63) is 93.5 Å². The SMILES string of the molecule is COc1cccc(OC)c1/C(O)=C1\C(=O)C(=O)N(c2ccc(C)c(Cl)c2)C1c1ccc(C(C)(C)C)cc1. The average molecular weight is 520 g/mol. The van der Waals surface area contributed by atoms with Crippen molar-refractivity contribution in [1.29, 1.82) is 0 Å². The van der Waals surface area contributed by atoms with Gasteiger partial charge in [0.25, 0.3) is 11.7 Å². The van der Waals surface area contributed by atoms with Crippen molar-refractivity contribution >= 4 is 34.7 Å². The zero-order valence-corrected chi connectivity index (χ0v) is 22.5. The number of ether oxygens (including phenoxy) is 2. The molecule has 0 radical (unpaired) electrons. The van der Waals surface area contributed by atoms with E-state index < -0.39 is 17.7 Å². The van der Waals surface area contributed by atoms with Gasteiger partial charge >= 0.3 is 0 Å². The number of rotatable bonds is 5. The number of hydrogen-bond donors (Lipinski definition) is 1. The van der Waals surface area contributed by atoms with E-state index in [9.17, 15) is 14.7 Å². The third kappa shape index (κ3) is 4.69. The van der Waals surface area contributed by atoms with Gasteiger partial charge in [0.05, 0.1) is 25.8 Å². The molecule has 1 fully saturated rings. The van der Waals surface area contributed by atoms with E-state index in [2.05, 4.69) is 20.8 Å². The number of carbonyl (C=O) groups is 2. The first kappa shape index (κ1) is 26.3. The maximum Gasteiger partial charge on any atom is 0.300 e. The van der Waals surface area contributed by atoms with E-state index in [0.717, 1.165) is 11.1 Å². The largest absolute Gasteiger partial charge is 0.506 e. The Balaban J connectivity index is 2.01. The number of benzene rings is 3. The maximum atomic E-state index is 13.5. The number of aliphatic hydroxyl groups excluding tert-OH is 1. The van der Waals surface area contributed by atoms with Gasteiger partial charge in [0, 0.05) is 10.7 Å². The minimum Gasteiger partial charge on any atom is -0.506 e. The monoisotopic (exact) mass is 519 g/mol. The quantitative estimate of drug-likeness (QED) is 0.234. The van der Waals surface area contributed by atoms with Gasteiger partial charge in [0.15, 0.2) is 0 Å². The lowest BCUT2D eigenvalue weighted by molar-refractivity contribution is -0.132. The van der Waals surface area contributed by atoms with Gasteiger partial charge in [-0.25, -0.2) is 0 Å². The first-order valence-electron chi connectivity index (χ1n) is 11.9. The summed E-state index contributed by atoms with van der Waals surface area (Å²) in [5.41, 5.74) is 3.10. The summed E-state index contributed by atoms with van der Waals surface area (Å²) >= 11 is 6.40. The molecule has 0 spiro atoms. The van der Waals surface area contributed by atoms with Gasteiger partial charge < -0.3 is 14.6 Å². The Morgan fingerprint density at radius 2 is 1.54 bits per heavy atom. The number of halogens is 1. The molecule has 1 aliphatic heterocycles. The summed E-state index contributed by atoms with van der Waals surface area (Å²) < 4.78 is 10.9. The predicted octanol–water partition coefficient (Wildman–Crippen LogP) is 6.59. The molecule has 0 aliphatic carbocycles. The Morgan fingerprint density at radius 3 is 2.05 bits per heavy atom. The fourth-order valence-electron chi connectivity index (χ4n) is 4.53. The predicted molar refractivity (Wildman–Crippen MR) is 146 cm³/mol. The van der Waals surface area contributed by atoms with Crippen LogP contribution in [0.5, 0.6) is 11.5 Å². The summed E-state index contributed by atoms with van der Waals surface area (Å²) in [5.74, 6) is -1.34. The molecule has 4 rings (SSSR count). The number of aliphatic hydroxyl groups is 1. The molecule has 1 heterocycles. The number of amides is 1. The van der Waals surface area contributed by atoms with E-state index in [-0.39, 0.29) is 22.3 Å². The molecule has 3 aromatic rings. The molecule has 0 saturated carbocycles. The van der Waals surface area contributed by atoms with Crippen molar-refractivity contribution in [2.75, 3.05) is 19.1 Å². The van der Waals surface area contributed by atoms with Crippen LogP contribution in [0.25, 0.3) is 5.76 Å². The van der Waals surface area contributed by atoms with Crippen LogP contribution < -0.4 is 14.4 Å². The van der Waals surface area contributed by atoms with Crippen LogP contribution in [0.4, 0.5) is 5.69 Å². The lowest BCUT2D eigenvalue weighted by Gasteiger charge is -2.27. The van der Waals surface area contributed by atoms with E-state index in [1.54, 1.807) is 36.4 Å². The number of hydrogen-bond acceptors (Lipinski definition) is 5. The van der Waals surface area contributed by atoms with Crippen molar-refractivity contribution in [3.8, 4) is 11.5 Å². The summed E-state index contributed by atoms with van der Waals surface area (Å²) in [4.78, 5) is 28.4. The molecule has 1 amide bonds. The summed E-state index contributed by atoms with van der Waals surface area (Å²) in [6.07, 6.45) is 0. The lowest BCUT2D eigenvalue weighted by atomic mass is 9.85. The normalized spacial score (nSPS) is 17.3. The molecule has 37 heavy (non-hydrogen) atoms. The van der Waals surface area contributed by atoms with Gasteiger partial charge in [0.1, 0.15) is 22.8 Å². The number of nitrogens with zero attached hydrogens (tertiary/aromatic N) is 1. The lowest BCUT2D eigenvalue weighted by Crippen LogP contribution is -2.29. The molecule has 6 nitrogen and oxygen atoms in total. The van der Waals surface area contributed by atoms with E-state index >= 15 is 0 Å².